The Kier molecular flexibility index (Phi) is 5.52. The third kappa shape index (κ3) is 4.09. The molecule has 0 fully saturated rings. The van der Waals surface area contributed by atoms with E-state index in [4.69, 9.17) is 16.3 Å². The molecule has 24 heavy (non-hydrogen) atoms. The Morgan fingerprint density at radius 2 is 2.00 bits per heavy atom. The van der Waals surface area contributed by atoms with E-state index in [1.165, 1.54) is 20.2 Å². The minimum absolute atomic E-state index is 0.0461. The van der Waals surface area contributed by atoms with E-state index < -0.39 is 15.9 Å². The molecule has 9 nitrogen and oxygen atoms in total. The standard InChI is InChI=1S/C13H15ClN6O3S/c1-8-16-11(19-13(17-8)23-3)18-12(21)20-24(22,15-2)10-7-5-4-6-9(10)14/h4-7H,1-3H3,(H2,15,16,17,18,19,20,21,22). The molecular formula is C13H15ClN6O3S. The van der Waals surface area contributed by atoms with Crippen LogP contribution < -0.4 is 14.8 Å². The van der Waals surface area contributed by atoms with Crippen LogP contribution in [-0.2, 0) is 9.92 Å². The number of nitrogens with zero attached hydrogens (tertiary/aromatic N) is 4. The van der Waals surface area contributed by atoms with E-state index in [1.54, 1.807) is 25.1 Å². The Morgan fingerprint density at radius 3 is 2.62 bits per heavy atom. The number of carbonyl (C=O) groups is 1. The highest BCUT2D eigenvalue weighted by Gasteiger charge is 2.19. The van der Waals surface area contributed by atoms with Gasteiger partial charge in [0.2, 0.25) is 5.95 Å². The van der Waals surface area contributed by atoms with Gasteiger partial charge in [-0.3, -0.25) is 5.32 Å². The number of methoxy groups -OCH3 is 1. The summed E-state index contributed by atoms with van der Waals surface area (Å²) in [6.45, 7) is 1.61. The lowest BCUT2D eigenvalue weighted by Gasteiger charge is -2.13. The average Bonchev–Trinajstić information content (AvgIpc) is 2.54. The smallest absolute Gasteiger partial charge is 0.334 e. The number of carbonyl (C=O) groups excluding carboxylic acids is 1. The van der Waals surface area contributed by atoms with Crippen molar-refractivity contribution >= 4 is 33.5 Å². The molecule has 11 heteroatoms. The molecule has 2 aromatic rings. The van der Waals surface area contributed by atoms with Crippen LogP contribution in [0.2, 0.25) is 5.02 Å². The quantitative estimate of drug-likeness (QED) is 0.850. The number of aryl methyl sites for hydroxylation is 1. The van der Waals surface area contributed by atoms with Crippen molar-refractivity contribution in [3.63, 3.8) is 0 Å². The monoisotopic (exact) mass is 370 g/mol. The largest absolute Gasteiger partial charge is 0.467 e. The molecule has 2 amide bonds. The molecule has 0 bridgehead atoms. The van der Waals surface area contributed by atoms with Gasteiger partial charge in [-0.1, -0.05) is 23.7 Å². The summed E-state index contributed by atoms with van der Waals surface area (Å²) >= 11 is 6.03. The summed E-state index contributed by atoms with van der Waals surface area (Å²) in [5.41, 5.74) is 0. The Hall–Kier alpha value is -2.46. The number of rotatable bonds is 4. The van der Waals surface area contributed by atoms with Gasteiger partial charge in [0.05, 0.1) is 17.0 Å². The van der Waals surface area contributed by atoms with Crippen molar-refractivity contribution in [1.29, 1.82) is 0 Å². The summed E-state index contributed by atoms with van der Waals surface area (Å²) in [5.74, 6) is 0.304. The second-order valence-corrected chi connectivity index (χ2v) is 6.86. The molecule has 0 aliphatic heterocycles. The van der Waals surface area contributed by atoms with Gasteiger partial charge in [-0.25, -0.2) is 18.1 Å². The lowest BCUT2D eigenvalue weighted by molar-refractivity contribution is 0.256. The van der Waals surface area contributed by atoms with Gasteiger partial charge in [0.1, 0.15) is 5.82 Å². The Balaban J connectivity index is 2.24. The number of anilines is 1. The zero-order chi connectivity index (χ0) is 17.7. The molecule has 1 unspecified atom stereocenters. The number of hydrogen-bond donors (Lipinski definition) is 2. The van der Waals surface area contributed by atoms with Crippen molar-refractivity contribution in [3.05, 3.63) is 35.1 Å². The second kappa shape index (κ2) is 7.41. The number of nitrogens with one attached hydrogen (secondary N) is 2. The first-order chi connectivity index (χ1) is 11.4. The number of amides is 2. The Labute approximate surface area is 144 Å². The van der Waals surface area contributed by atoms with Crippen LogP contribution in [0, 0.1) is 6.92 Å². The summed E-state index contributed by atoms with van der Waals surface area (Å²) in [5, 5.41) is 2.59. The SMILES string of the molecule is CN=S(=O)(NC(=O)Nc1nc(C)nc(OC)n1)c1ccccc1Cl. The lowest BCUT2D eigenvalue weighted by atomic mass is 10.4. The first-order valence-corrected chi connectivity index (χ1v) is 8.52. The van der Waals surface area contributed by atoms with Crippen LogP contribution in [0.5, 0.6) is 6.01 Å². The highest BCUT2D eigenvalue weighted by atomic mass is 35.5. The topological polar surface area (TPSA) is 118 Å². The second-order valence-electron chi connectivity index (χ2n) is 4.39. The molecule has 0 saturated carbocycles. The number of aromatic nitrogens is 3. The third-order valence-electron chi connectivity index (χ3n) is 2.76. The van der Waals surface area contributed by atoms with E-state index in [0.717, 1.165) is 0 Å². The summed E-state index contributed by atoms with van der Waals surface area (Å²) in [6.07, 6.45) is 0. The molecule has 2 rings (SSSR count). The third-order valence-corrected chi connectivity index (χ3v) is 5.13. The van der Waals surface area contributed by atoms with Gasteiger partial charge in [-0.05, 0) is 19.1 Å². The predicted molar refractivity (Wildman–Crippen MR) is 89.5 cm³/mol. The van der Waals surface area contributed by atoms with E-state index in [9.17, 15) is 9.00 Å². The number of halogens is 1. The summed E-state index contributed by atoms with van der Waals surface area (Å²) in [4.78, 5) is 24.1. The first-order valence-electron chi connectivity index (χ1n) is 6.63. The molecule has 2 N–H and O–H groups in total. The predicted octanol–water partition coefficient (Wildman–Crippen LogP) is 2.04. The fraction of sp³-hybridized carbons (Fsp3) is 0.231. The fourth-order valence-corrected chi connectivity index (χ4v) is 3.47. The highest BCUT2D eigenvalue weighted by Crippen LogP contribution is 2.21. The van der Waals surface area contributed by atoms with Crippen LogP contribution in [0.15, 0.2) is 33.5 Å². The minimum atomic E-state index is -3.25. The molecule has 1 atom stereocenters. The van der Waals surface area contributed by atoms with E-state index in [0.29, 0.717) is 5.82 Å². The maximum atomic E-state index is 12.9. The maximum absolute atomic E-state index is 12.9. The van der Waals surface area contributed by atoms with Crippen molar-refractivity contribution < 1.29 is 13.7 Å². The molecule has 0 aliphatic rings. The van der Waals surface area contributed by atoms with E-state index in [2.05, 4.69) is 29.4 Å². The van der Waals surface area contributed by atoms with Crippen LogP contribution in [0.1, 0.15) is 5.82 Å². The van der Waals surface area contributed by atoms with E-state index in [1.807, 2.05) is 0 Å². The number of hydrogen-bond acceptors (Lipinski definition) is 7. The molecular weight excluding hydrogens is 356 g/mol. The zero-order valence-electron chi connectivity index (χ0n) is 13.1. The van der Waals surface area contributed by atoms with Crippen molar-refractivity contribution in [2.24, 2.45) is 4.36 Å². The van der Waals surface area contributed by atoms with Gasteiger partial charge in [0.15, 0.2) is 9.92 Å². The van der Waals surface area contributed by atoms with Crippen LogP contribution in [0.25, 0.3) is 0 Å². The van der Waals surface area contributed by atoms with Gasteiger partial charge >= 0.3 is 12.0 Å². The van der Waals surface area contributed by atoms with E-state index in [-0.39, 0.29) is 21.9 Å². The Bertz CT molecular complexity index is 882. The normalized spacial score (nSPS) is 12.8. The maximum Gasteiger partial charge on any atom is 0.334 e. The van der Waals surface area contributed by atoms with Gasteiger partial charge < -0.3 is 4.74 Å². The van der Waals surface area contributed by atoms with Crippen LogP contribution in [0.3, 0.4) is 0 Å². The molecule has 0 aliphatic carbocycles. The van der Waals surface area contributed by atoms with Crippen LogP contribution in [-0.4, -0.2) is 39.3 Å². The zero-order valence-corrected chi connectivity index (χ0v) is 14.7. The summed E-state index contributed by atoms with van der Waals surface area (Å²) in [7, 11) is -0.544. The van der Waals surface area contributed by atoms with Gasteiger partial charge in [-0.2, -0.15) is 15.0 Å². The van der Waals surface area contributed by atoms with Crippen molar-refractivity contribution in [2.75, 3.05) is 19.5 Å². The van der Waals surface area contributed by atoms with Gasteiger partial charge in [0, 0.05) is 7.05 Å². The number of urea groups is 1. The summed E-state index contributed by atoms with van der Waals surface area (Å²) < 4.78 is 23.8. The molecule has 0 radical (unpaired) electrons. The van der Waals surface area contributed by atoms with Crippen LogP contribution in [0.4, 0.5) is 10.7 Å². The van der Waals surface area contributed by atoms with Crippen molar-refractivity contribution in [3.8, 4) is 6.01 Å². The number of benzene rings is 1. The lowest BCUT2D eigenvalue weighted by Crippen LogP contribution is -2.35. The summed E-state index contributed by atoms with van der Waals surface area (Å²) in [6, 6.07) is 5.64. The molecule has 1 aromatic carbocycles. The molecule has 128 valence electrons. The van der Waals surface area contributed by atoms with E-state index >= 15 is 0 Å². The first kappa shape index (κ1) is 17.9. The number of ether oxygens (including phenoxy) is 1. The minimum Gasteiger partial charge on any atom is -0.467 e. The molecule has 1 heterocycles. The van der Waals surface area contributed by atoms with Crippen molar-refractivity contribution in [2.45, 2.75) is 11.8 Å². The highest BCUT2D eigenvalue weighted by molar-refractivity contribution is 7.92. The molecule has 1 aromatic heterocycles. The molecule has 0 saturated heterocycles. The molecule has 0 spiro atoms. The van der Waals surface area contributed by atoms with Gasteiger partial charge in [-0.15, -0.1) is 0 Å². The van der Waals surface area contributed by atoms with Crippen molar-refractivity contribution in [1.82, 2.24) is 19.7 Å². The Morgan fingerprint density at radius 1 is 1.29 bits per heavy atom. The van der Waals surface area contributed by atoms with Crippen LogP contribution >= 0.6 is 11.6 Å². The average molecular weight is 371 g/mol. The van der Waals surface area contributed by atoms with Gasteiger partial charge in [0.25, 0.3) is 0 Å². The fourth-order valence-electron chi connectivity index (χ4n) is 1.73.